The molecule has 1 saturated heterocycles. The maximum Gasteiger partial charge on any atom is 0.246 e. The first kappa shape index (κ1) is 21.7. The predicted octanol–water partition coefficient (Wildman–Crippen LogP) is 4.53. The number of rotatable bonds is 6. The zero-order chi connectivity index (χ0) is 22.5. The third-order valence-electron chi connectivity index (χ3n) is 5.77. The number of benzene rings is 3. The minimum atomic E-state index is -0.486. The zero-order valence-electron chi connectivity index (χ0n) is 18.0. The number of hydrogen-bond donors (Lipinski definition) is 1. The quantitative estimate of drug-likeness (QED) is 0.583. The first-order valence-corrected chi connectivity index (χ1v) is 10.7. The third-order valence-corrected chi connectivity index (χ3v) is 5.77. The molecule has 1 atom stereocenters. The Labute approximate surface area is 187 Å². The van der Waals surface area contributed by atoms with Crippen molar-refractivity contribution in [1.82, 2.24) is 4.90 Å². The smallest absolute Gasteiger partial charge is 0.246 e. The van der Waals surface area contributed by atoms with Gasteiger partial charge in [-0.05, 0) is 36.8 Å². The van der Waals surface area contributed by atoms with Crippen LogP contribution in [0.3, 0.4) is 0 Å². The van der Waals surface area contributed by atoms with Crippen molar-refractivity contribution in [2.75, 3.05) is 36.4 Å². The minimum absolute atomic E-state index is 0.0509. The molecule has 1 aliphatic rings. The van der Waals surface area contributed by atoms with Crippen LogP contribution in [0.1, 0.15) is 28.9 Å². The third kappa shape index (κ3) is 4.86. The summed E-state index contributed by atoms with van der Waals surface area (Å²) in [6.07, 6.45) is 0. The summed E-state index contributed by atoms with van der Waals surface area (Å²) in [6, 6.07) is 22.9. The topological polar surface area (TPSA) is 52.7 Å². The van der Waals surface area contributed by atoms with Crippen LogP contribution in [0.2, 0.25) is 0 Å². The Morgan fingerprint density at radius 3 is 2.25 bits per heavy atom. The van der Waals surface area contributed by atoms with Crippen molar-refractivity contribution in [1.29, 1.82) is 0 Å². The summed E-state index contributed by atoms with van der Waals surface area (Å²) in [5, 5.41) is 2.98. The van der Waals surface area contributed by atoms with Crippen molar-refractivity contribution in [2.45, 2.75) is 13.0 Å². The summed E-state index contributed by atoms with van der Waals surface area (Å²) < 4.78 is 14.2. The van der Waals surface area contributed by atoms with E-state index in [-0.39, 0.29) is 17.5 Å². The van der Waals surface area contributed by atoms with E-state index in [0.29, 0.717) is 43.1 Å². The molecule has 1 amide bonds. The molecule has 3 aromatic rings. The molecule has 1 fully saturated rings. The molecule has 5 nitrogen and oxygen atoms in total. The molecule has 0 spiro atoms. The van der Waals surface area contributed by atoms with Crippen LogP contribution in [0.15, 0.2) is 78.9 Å². The summed E-state index contributed by atoms with van der Waals surface area (Å²) >= 11 is 0. The summed E-state index contributed by atoms with van der Waals surface area (Å²) in [5.74, 6) is -0.440. The van der Waals surface area contributed by atoms with Gasteiger partial charge in [0.15, 0.2) is 5.78 Å². The van der Waals surface area contributed by atoms with E-state index in [9.17, 15) is 14.0 Å². The van der Waals surface area contributed by atoms with Crippen molar-refractivity contribution in [3.8, 4) is 0 Å². The second-order valence-electron chi connectivity index (χ2n) is 7.91. The van der Waals surface area contributed by atoms with E-state index in [0.717, 1.165) is 5.56 Å². The number of carbonyl (C=O) groups excluding carboxylic acids is 2. The number of hydrogen-bond acceptors (Lipinski definition) is 4. The van der Waals surface area contributed by atoms with Crippen LogP contribution in [-0.4, -0.2) is 42.8 Å². The molecule has 164 valence electrons. The molecule has 0 saturated carbocycles. The van der Waals surface area contributed by atoms with Crippen LogP contribution in [0.4, 0.5) is 15.8 Å². The van der Waals surface area contributed by atoms with Crippen molar-refractivity contribution in [3.05, 3.63) is 95.8 Å². The monoisotopic (exact) mass is 431 g/mol. The summed E-state index contributed by atoms with van der Waals surface area (Å²) in [5.41, 5.74) is 2.63. The van der Waals surface area contributed by atoms with Crippen molar-refractivity contribution in [2.24, 2.45) is 0 Å². The Balaban J connectivity index is 1.53. The van der Waals surface area contributed by atoms with Crippen LogP contribution in [0.5, 0.6) is 0 Å². The Kier molecular flexibility index (Phi) is 6.61. The van der Waals surface area contributed by atoms with Crippen molar-refractivity contribution >= 4 is 23.1 Å². The number of nitrogens with zero attached hydrogens (tertiary/aromatic N) is 2. The summed E-state index contributed by atoms with van der Waals surface area (Å²) in [4.78, 5) is 29.2. The van der Waals surface area contributed by atoms with Gasteiger partial charge in [-0.1, -0.05) is 54.6 Å². The lowest BCUT2D eigenvalue weighted by atomic mass is 10.0. The Hall–Kier alpha value is -3.51. The number of amides is 1. The number of anilines is 2. The molecule has 0 aromatic heterocycles. The van der Waals surface area contributed by atoms with Crippen LogP contribution in [0, 0.1) is 5.82 Å². The highest BCUT2D eigenvalue weighted by atomic mass is 19.1. The van der Waals surface area contributed by atoms with Crippen molar-refractivity contribution < 1.29 is 14.0 Å². The molecule has 1 N–H and O–H groups in total. The number of piperazine rings is 1. The highest BCUT2D eigenvalue weighted by molar-refractivity contribution is 5.98. The first-order chi connectivity index (χ1) is 15.5. The van der Waals surface area contributed by atoms with Gasteiger partial charge in [0.25, 0.3) is 0 Å². The SMILES string of the molecule is CC(=O)c1cccc(NC(=O)C(c2ccccc2)N2CCN(c3ccccc3F)CC2)c1. The van der Waals surface area contributed by atoms with Gasteiger partial charge in [-0.3, -0.25) is 14.5 Å². The lowest BCUT2D eigenvalue weighted by Gasteiger charge is -2.39. The highest BCUT2D eigenvalue weighted by Gasteiger charge is 2.31. The molecule has 0 bridgehead atoms. The second kappa shape index (κ2) is 9.75. The molecule has 4 rings (SSSR count). The number of para-hydroxylation sites is 1. The standard InChI is InChI=1S/C26H26FN3O2/c1-19(31)21-10-7-11-22(18-21)28-26(32)25(20-8-3-2-4-9-20)30-16-14-29(15-17-30)24-13-6-5-12-23(24)27/h2-13,18,25H,14-17H2,1H3,(H,28,32). The van der Waals surface area contributed by atoms with Gasteiger partial charge in [0, 0.05) is 37.4 Å². The molecular formula is C26H26FN3O2. The zero-order valence-corrected chi connectivity index (χ0v) is 18.0. The molecule has 1 heterocycles. The maximum atomic E-state index is 14.2. The van der Waals surface area contributed by atoms with E-state index in [2.05, 4.69) is 10.2 Å². The summed E-state index contributed by atoms with van der Waals surface area (Å²) in [6.45, 7) is 3.99. The largest absolute Gasteiger partial charge is 0.367 e. The Morgan fingerprint density at radius 2 is 1.56 bits per heavy atom. The fourth-order valence-electron chi connectivity index (χ4n) is 4.12. The lowest BCUT2D eigenvalue weighted by Crippen LogP contribution is -2.50. The number of ketones is 1. The van der Waals surface area contributed by atoms with Gasteiger partial charge in [-0.25, -0.2) is 4.39 Å². The number of Topliss-reactive ketones (excluding diaryl/α,β-unsaturated/α-hetero) is 1. The molecule has 1 aliphatic heterocycles. The van der Waals surface area contributed by atoms with Crippen LogP contribution in [0.25, 0.3) is 0 Å². The van der Waals surface area contributed by atoms with Crippen LogP contribution in [-0.2, 0) is 4.79 Å². The van der Waals surface area contributed by atoms with E-state index >= 15 is 0 Å². The molecule has 0 aliphatic carbocycles. The maximum absolute atomic E-state index is 14.2. The van der Waals surface area contributed by atoms with Gasteiger partial charge in [-0.15, -0.1) is 0 Å². The summed E-state index contributed by atoms with van der Waals surface area (Å²) in [7, 11) is 0. The molecule has 1 unspecified atom stereocenters. The van der Waals surface area contributed by atoms with Gasteiger partial charge in [0.2, 0.25) is 5.91 Å². The Bertz CT molecular complexity index is 1090. The fraction of sp³-hybridized carbons (Fsp3) is 0.231. The van der Waals surface area contributed by atoms with E-state index in [4.69, 9.17) is 0 Å². The average Bonchev–Trinajstić information content (AvgIpc) is 2.81. The second-order valence-corrected chi connectivity index (χ2v) is 7.91. The van der Waals surface area contributed by atoms with E-state index in [1.807, 2.05) is 41.3 Å². The predicted molar refractivity (Wildman–Crippen MR) is 124 cm³/mol. The minimum Gasteiger partial charge on any atom is -0.367 e. The van der Waals surface area contributed by atoms with E-state index < -0.39 is 6.04 Å². The van der Waals surface area contributed by atoms with Gasteiger partial charge in [-0.2, -0.15) is 0 Å². The average molecular weight is 432 g/mol. The lowest BCUT2D eigenvalue weighted by molar-refractivity contribution is -0.121. The van der Waals surface area contributed by atoms with Crippen LogP contribution < -0.4 is 10.2 Å². The van der Waals surface area contributed by atoms with Crippen molar-refractivity contribution in [3.63, 3.8) is 0 Å². The van der Waals surface area contributed by atoms with Gasteiger partial charge < -0.3 is 10.2 Å². The molecular weight excluding hydrogens is 405 g/mol. The number of carbonyl (C=O) groups is 2. The fourth-order valence-corrected chi connectivity index (χ4v) is 4.12. The van der Waals surface area contributed by atoms with E-state index in [1.165, 1.54) is 13.0 Å². The van der Waals surface area contributed by atoms with Crippen LogP contribution >= 0.6 is 0 Å². The van der Waals surface area contributed by atoms with E-state index in [1.54, 1.807) is 36.4 Å². The molecule has 32 heavy (non-hydrogen) atoms. The normalized spacial score (nSPS) is 15.2. The first-order valence-electron chi connectivity index (χ1n) is 10.7. The number of nitrogens with one attached hydrogen (secondary N) is 1. The highest BCUT2D eigenvalue weighted by Crippen LogP contribution is 2.27. The molecule has 0 radical (unpaired) electrons. The molecule has 6 heteroatoms. The van der Waals surface area contributed by atoms with Gasteiger partial charge in [0.05, 0.1) is 5.69 Å². The Morgan fingerprint density at radius 1 is 0.875 bits per heavy atom. The molecule has 3 aromatic carbocycles. The van der Waals surface area contributed by atoms with Gasteiger partial charge in [0.1, 0.15) is 11.9 Å². The van der Waals surface area contributed by atoms with Gasteiger partial charge >= 0.3 is 0 Å². The number of halogens is 1.